The molecule has 1 aliphatic heterocycles. The Morgan fingerprint density at radius 1 is 1.12 bits per heavy atom. The molecule has 0 saturated heterocycles. The van der Waals surface area contributed by atoms with Gasteiger partial charge in [-0.15, -0.1) is 0 Å². The average Bonchev–Trinajstić information content (AvgIpc) is 3.26. The lowest BCUT2D eigenvalue weighted by molar-refractivity contribution is 0.126. The number of benzene rings is 1. The van der Waals surface area contributed by atoms with Crippen molar-refractivity contribution in [1.82, 2.24) is 9.97 Å². The van der Waals surface area contributed by atoms with E-state index >= 15 is 0 Å². The second-order valence-electron chi connectivity index (χ2n) is 8.78. The van der Waals surface area contributed by atoms with Gasteiger partial charge in [-0.3, -0.25) is 4.99 Å². The molecule has 174 valence electrons. The molecule has 5 rings (SSSR count). The van der Waals surface area contributed by atoms with Crippen LogP contribution in [0.3, 0.4) is 0 Å². The number of dihydropyridines is 1. The highest BCUT2D eigenvalue weighted by Crippen LogP contribution is 2.32. The number of thiazole rings is 1. The Hall–Kier alpha value is -3.32. The zero-order valence-corrected chi connectivity index (χ0v) is 19.6. The van der Waals surface area contributed by atoms with Crippen LogP contribution >= 0.6 is 11.3 Å². The molecule has 8 nitrogen and oxygen atoms in total. The maximum atomic E-state index is 9.76. The third-order valence-corrected chi connectivity index (χ3v) is 7.14. The van der Waals surface area contributed by atoms with E-state index in [1.807, 2.05) is 36.6 Å². The van der Waals surface area contributed by atoms with Gasteiger partial charge < -0.3 is 21.5 Å². The van der Waals surface area contributed by atoms with Crippen LogP contribution in [0.15, 0.2) is 41.4 Å². The fourth-order valence-corrected chi connectivity index (χ4v) is 5.28. The number of allylic oxidation sites excluding steroid dienone is 1. The number of pyridine rings is 1. The average molecular weight is 474 g/mol. The minimum atomic E-state index is -0.187. The van der Waals surface area contributed by atoms with Crippen molar-refractivity contribution in [2.24, 2.45) is 16.6 Å². The lowest BCUT2D eigenvalue weighted by Crippen LogP contribution is -2.28. The van der Waals surface area contributed by atoms with E-state index in [0.717, 1.165) is 63.5 Å². The van der Waals surface area contributed by atoms with Crippen molar-refractivity contribution < 1.29 is 5.11 Å². The smallest absolute Gasteiger partial charge is 0.189 e. The lowest BCUT2D eigenvalue weighted by atomic mass is 9.93. The van der Waals surface area contributed by atoms with Gasteiger partial charge in [0.05, 0.1) is 34.9 Å². The zero-order chi connectivity index (χ0) is 23.5. The van der Waals surface area contributed by atoms with Crippen molar-refractivity contribution in [2.75, 3.05) is 17.2 Å². The first-order valence-corrected chi connectivity index (χ1v) is 12.4. The number of aliphatic hydroxyl groups excluding tert-OH is 1. The lowest BCUT2D eigenvalue weighted by Gasteiger charge is -2.26. The van der Waals surface area contributed by atoms with Crippen LogP contribution in [-0.4, -0.2) is 40.0 Å². The van der Waals surface area contributed by atoms with Gasteiger partial charge >= 0.3 is 0 Å². The van der Waals surface area contributed by atoms with Crippen molar-refractivity contribution in [3.05, 3.63) is 47.5 Å². The molecule has 0 bridgehead atoms. The van der Waals surface area contributed by atoms with E-state index in [9.17, 15) is 10.4 Å². The van der Waals surface area contributed by atoms with E-state index in [4.69, 9.17) is 15.7 Å². The quantitative estimate of drug-likeness (QED) is 0.421. The summed E-state index contributed by atoms with van der Waals surface area (Å²) in [5.74, 6) is 1.29. The number of anilines is 3. The van der Waals surface area contributed by atoms with Crippen LogP contribution in [0.4, 0.5) is 16.8 Å². The van der Waals surface area contributed by atoms with E-state index in [1.54, 1.807) is 11.3 Å². The number of nitrogens with two attached hydrogens (primary N) is 1. The molecule has 0 radical (unpaired) electrons. The minimum absolute atomic E-state index is 0.184. The van der Waals surface area contributed by atoms with Gasteiger partial charge in [-0.25, -0.2) is 9.97 Å². The topological polar surface area (TPSA) is 132 Å². The number of nitriles is 1. The molecule has 9 heteroatoms. The molecular weight excluding hydrogens is 446 g/mol. The first-order valence-electron chi connectivity index (χ1n) is 11.5. The number of aliphatic hydroxyl groups is 1. The summed E-state index contributed by atoms with van der Waals surface area (Å²) < 4.78 is 1.04. The van der Waals surface area contributed by atoms with E-state index < -0.39 is 0 Å². The summed E-state index contributed by atoms with van der Waals surface area (Å²) in [6.07, 6.45) is 7.09. The number of aromatic nitrogens is 2. The largest absolute Gasteiger partial charge is 0.393 e. The fraction of sp³-hybridized carbons (Fsp3) is 0.360. The van der Waals surface area contributed by atoms with Gasteiger partial charge in [0.1, 0.15) is 11.6 Å². The monoisotopic (exact) mass is 473 g/mol. The van der Waals surface area contributed by atoms with Crippen LogP contribution < -0.4 is 16.4 Å². The Balaban J connectivity index is 1.36. The van der Waals surface area contributed by atoms with E-state index in [2.05, 4.69) is 27.8 Å². The van der Waals surface area contributed by atoms with E-state index in [0.29, 0.717) is 24.9 Å². The number of hydrogen-bond donors (Lipinski definition) is 4. The van der Waals surface area contributed by atoms with Crippen molar-refractivity contribution in [1.29, 1.82) is 5.26 Å². The maximum Gasteiger partial charge on any atom is 0.189 e. The van der Waals surface area contributed by atoms with Gasteiger partial charge in [0.25, 0.3) is 0 Å². The Morgan fingerprint density at radius 2 is 1.94 bits per heavy atom. The van der Waals surface area contributed by atoms with Crippen LogP contribution in [0.2, 0.25) is 0 Å². The van der Waals surface area contributed by atoms with Crippen LogP contribution in [0.25, 0.3) is 15.8 Å². The van der Waals surface area contributed by atoms with E-state index in [-0.39, 0.29) is 12.0 Å². The number of nitrogens with zero attached hydrogens (tertiary/aromatic N) is 4. The molecule has 2 aromatic heterocycles. The number of nitrogens with one attached hydrogen (secondary N) is 2. The second kappa shape index (κ2) is 9.89. The Kier molecular flexibility index (Phi) is 6.54. The van der Waals surface area contributed by atoms with Gasteiger partial charge in [0.2, 0.25) is 0 Å². The first-order chi connectivity index (χ1) is 16.6. The first kappa shape index (κ1) is 22.5. The number of aliphatic imine (C=N–C) groups is 1. The van der Waals surface area contributed by atoms with Crippen molar-refractivity contribution in [3.8, 4) is 6.07 Å². The molecule has 1 atom stereocenters. The number of rotatable bonds is 6. The molecule has 0 spiro atoms. The number of fused-ring (bicyclic) bond motifs is 1. The van der Waals surface area contributed by atoms with Gasteiger partial charge in [-0.05, 0) is 66.6 Å². The molecule has 5 N–H and O–H groups in total. The molecule has 1 saturated carbocycles. The Bertz CT molecular complexity index is 1280. The van der Waals surface area contributed by atoms with Gasteiger partial charge in [-0.1, -0.05) is 23.5 Å². The summed E-state index contributed by atoms with van der Waals surface area (Å²) in [7, 11) is 0. The molecule has 1 fully saturated rings. The third kappa shape index (κ3) is 5.09. The van der Waals surface area contributed by atoms with Crippen molar-refractivity contribution in [3.63, 3.8) is 0 Å². The third-order valence-electron chi connectivity index (χ3n) is 6.21. The van der Waals surface area contributed by atoms with Crippen LogP contribution in [0, 0.1) is 17.2 Å². The highest BCUT2D eigenvalue weighted by Gasteiger charge is 2.20. The summed E-state index contributed by atoms with van der Waals surface area (Å²) in [4.78, 5) is 13.8. The van der Waals surface area contributed by atoms with Crippen molar-refractivity contribution >= 4 is 50.1 Å². The van der Waals surface area contributed by atoms with E-state index in [1.165, 1.54) is 0 Å². The highest BCUT2D eigenvalue weighted by atomic mass is 32.1. The Morgan fingerprint density at radius 3 is 2.74 bits per heavy atom. The molecule has 1 unspecified atom stereocenters. The predicted octanol–water partition coefficient (Wildman–Crippen LogP) is 4.22. The molecule has 3 aromatic rings. The summed E-state index contributed by atoms with van der Waals surface area (Å²) in [6, 6.07) is 12.6. The van der Waals surface area contributed by atoms with Gasteiger partial charge in [-0.2, -0.15) is 5.26 Å². The summed E-state index contributed by atoms with van der Waals surface area (Å²) >= 11 is 1.55. The molecule has 1 aliphatic carbocycles. The number of hydrogen-bond acceptors (Lipinski definition) is 9. The van der Waals surface area contributed by atoms with Crippen LogP contribution in [0.5, 0.6) is 0 Å². The normalized spacial score (nSPS) is 22.3. The molecule has 2 aliphatic rings. The maximum absolute atomic E-state index is 9.76. The fourth-order valence-electron chi connectivity index (χ4n) is 4.37. The minimum Gasteiger partial charge on any atom is -0.393 e. The van der Waals surface area contributed by atoms with Crippen molar-refractivity contribution in [2.45, 2.75) is 44.4 Å². The predicted molar refractivity (Wildman–Crippen MR) is 137 cm³/mol. The van der Waals surface area contributed by atoms with Crippen LogP contribution in [-0.2, 0) is 6.54 Å². The summed E-state index contributed by atoms with van der Waals surface area (Å²) in [5, 5.41) is 26.6. The zero-order valence-electron chi connectivity index (χ0n) is 18.7. The van der Waals surface area contributed by atoms with Gasteiger partial charge in [0.15, 0.2) is 5.13 Å². The summed E-state index contributed by atoms with van der Waals surface area (Å²) in [5.41, 5.74) is 9.81. The Labute approximate surface area is 202 Å². The molecule has 34 heavy (non-hydrogen) atoms. The highest BCUT2D eigenvalue weighted by molar-refractivity contribution is 7.22. The molecule has 1 aromatic carbocycles. The molecular formula is C25H27N7OS. The van der Waals surface area contributed by atoms with Gasteiger partial charge in [0, 0.05) is 18.8 Å². The second-order valence-corrected chi connectivity index (χ2v) is 9.81. The summed E-state index contributed by atoms with van der Waals surface area (Å²) in [6.45, 7) is 0.935. The van der Waals surface area contributed by atoms with Crippen LogP contribution in [0.1, 0.15) is 36.8 Å². The molecule has 3 heterocycles. The molecule has 0 amide bonds. The standard InChI is InChI=1S/C25H27N7OS/c26-11-15-8-23(29-19-2-4-20(33)5-3-19)31-24(9-15)32-25-30-21-6-1-17(10-22(21)34-25)18-7-16(12-27)13-28-14-18/h1,6-10,14,16,19-20,33H,2-5,11,13,26H2,(H2,29,30,31,32). The SMILES string of the molecule is N#CC1C=C(c2ccc3nc(Nc4cc(CN)cc(NC5CCC(O)CC5)n4)sc3c2)C=NC1.